The van der Waals surface area contributed by atoms with Crippen molar-refractivity contribution in [1.29, 1.82) is 0 Å². The van der Waals surface area contributed by atoms with Crippen LogP contribution in [0.1, 0.15) is 24.3 Å². The van der Waals surface area contributed by atoms with Gasteiger partial charge in [-0.3, -0.25) is 9.59 Å². The molecule has 1 rings (SSSR count). The third-order valence-corrected chi connectivity index (χ3v) is 3.95. The van der Waals surface area contributed by atoms with Gasteiger partial charge >= 0.3 is 5.97 Å². The van der Waals surface area contributed by atoms with E-state index in [2.05, 4.69) is 4.98 Å². The highest BCUT2D eigenvalue weighted by atomic mass is 35.5. The second-order valence-electron chi connectivity index (χ2n) is 4.17. The molecule has 1 aromatic rings. The van der Waals surface area contributed by atoms with Gasteiger partial charge in [0, 0.05) is 19.3 Å². The van der Waals surface area contributed by atoms with Crippen LogP contribution in [0, 0.1) is 5.92 Å². The minimum Gasteiger partial charge on any atom is -0.481 e. The Kier molecular flexibility index (Phi) is 6.05. The molecule has 0 radical (unpaired) electrons. The fourth-order valence-electron chi connectivity index (χ4n) is 1.51. The zero-order chi connectivity index (χ0) is 15.4. The molecule has 1 heterocycles. The Balaban J connectivity index is 3.03. The van der Waals surface area contributed by atoms with Crippen molar-refractivity contribution in [2.45, 2.75) is 13.8 Å². The van der Waals surface area contributed by atoms with E-state index in [4.69, 9.17) is 39.9 Å². The molecule has 0 bridgehead atoms. The van der Waals surface area contributed by atoms with Gasteiger partial charge < -0.3 is 10.0 Å². The van der Waals surface area contributed by atoms with Crippen LogP contribution in [-0.4, -0.2) is 40.0 Å². The maximum absolute atomic E-state index is 12.3. The van der Waals surface area contributed by atoms with Crippen LogP contribution in [0.5, 0.6) is 0 Å². The maximum Gasteiger partial charge on any atom is 0.308 e. The lowest BCUT2D eigenvalue weighted by Crippen LogP contribution is -2.37. The van der Waals surface area contributed by atoms with E-state index < -0.39 is 17.8 Å². The average Bonchev–Trinajstić information content (AvgIpc) is 2.41. The zero-order valence-electron chi connectivity index (χ0n) is 10.9. The van der Waals surface area contributed by atoms with Gasteiger partial charge in [-0.05, 0) is 6.92 Å². The summed E-state index contributed by atoms with van der Waals surface area (Å²) < 4.78 is 0. The Morgan fingerprint density at radius 2 is 1.95 bits per heavy atom. The molecule has 5 nitrogen and oxygen atoms in total. The largest absolute Gasteiger partial charge is 0.481 e. The van der Waals surface area contributed by atoms with Crippen LogP contribution in [0.15, 0.2) is 6.20 Å². The molecule has 110 valence electrons. The van der Waals surface area contributed by atoms with Crippen LogP contribution in [-0.2, 0) is 4.79 Å². The molecule has 0 aliphatic rings. The number of nitrogens with zero attached hydrogens (tertiary/aromatic N) is 2. The number of carbonyl (C=O) groups is 2. The molecule has 1 atom stereocenters. The van der Waals surface area contributed by atoms with E-state index in [0.717, 1.165) is 0 Å². The number of amides is 1. The Morgan fingerprint density at radius 1 is 1.35 bits per heavy atom. The lowest BCUT2D eigenvalue weighted by atomic mass is 10.1. The Bertz CT molecular complexity index is 537. The van der Waals surface area contributed by atoms with E-state index in [1.807, 2.05) is 0 Å². The normalized spacial score (nSPS) is 12.1. The van der Waals surface area contributed by atoms with Gasteiger partial charge in [0.1, 0.15) is 5.69 Å². The van der Waals surface area contributed by atoms with E-state index in [-0.39, 0.29) is 27.3 Å². The number of aliphatic carboxylic acids is 1. The molecule has 0 saturated heterocycles. The van der Waals surface area contributed by atoms with Gasteiger partial charge in [-0.2, -0.15) is 0 Å². The molecule has 0 aliphatic heterocycles. The van der Waals surface area contributed by atoms with Crippen LogP contribution < -0.4 is 0 Å². The van der Waals surface area contributed by atoms with Crippen molar-refractivity contribution in [3.63, 3.8) is 0 Å². The minimum atomic E-state index is -0.982. The standard InChI is InChI=1S/C12H13Cl3N2O3/c1-3-17(5-6(2)12(19)20)11(18)10-9(15)8(14)7(13)4-16-10/h4,6H,3,5H2,1-2H3,(H,19,20). The first-order valence-electron chi connectivity index (χ1n) is 5.81. The molecule has 0 spiro atoms. The smallest absolute Gasteiger partial charge is 0.308 e. The lowest BCUT2D eigenvalue weighted by molar-refractivity contribution is -0.141. The van der Waals surface area contributed by atoms with Gasteiger partial charge in [0.05, 0.1) is 21.0 Å². The van der Waals surface area contributed by atoms with Crippen LogP contribution in [0.4, 0.5) is 0 Å². The van der Waals surface area contributed by atoms with Crippen molar-refractivity contribution in [3.8, 4) is 0 Å². The van der Waals surface area contributed by atoms with Gasteiger partial charge in [-0.15, -0.1) is 0 Å². The Labute approximate surface area is 131 Å². The monoisotopic (exact) mass is 338 g/mol. The number of carbonyl (C=O) groups excluding carboxylic acids is 1. The van der Waals surface area contributed by atoms with Gasteiger partial charge in [0.15, 0.2) is 0 Å². The van der Waals surface area contributed by atoms with Crippen LogP contribution in [0.25, 0.3) is 0 Å². The number of hydrogen-bond donors (Lipinski definition) is 1. The molecule has 0 aromatic carbocycles. The highest BCUT2D eigenvalue weighted by molar-refractivity contribution is 6.48. The number of hydrogen-bond acceptors (Lipinski definition) is 3. The molecule has 0 saturated carbocycles. The fourth-order valence-corrected chi connectivity index (χ4v) is 2.07. The van der Waals surface area contributed by atoms with Gasteiger partial charge in [-0.1, -0.05) is 41.7 Å². The molecule has 20 heavy (non-hydrogen) atoms. The number of aromatic nitrogens is 1. The SMILES string of the molecule is CCN(CC(C)C(=O)O)C(=O)c1ncc(Cl)c(Cl)c1Cl. The molecule has 0 fully saturated rings. The first-order valence-corrected chi connectivity index (χ1v) is 6.94. The summed E-state index contributed by atoms with van der Waals surface area (Å²) in [6, 6.07) is 0. The van der Waals surface area contributed by atoms with Crippen LogP contribution in [0.2, 0.25) is 15.1 Å². The van der Waals surface area contributed by atoms with Crippen molar-refractivity contribution in [1.82, 2.24) is 9.88 Å². The molecular weight excluding hydrogens is 327 g/mol. The number of rotatable bonds is 5. The second kappa shape index (κ2) is 7.11. The van der Waals surface area contributed by atoms with E-state index in [1.165, 1.54) is 18.0 Å². The highest BCUT2D eigenvalue weighted by Gasteiger charge is 2.24. The molecule has 1 N–H and O–H groups in total. The van der Waals surface area contributed by atoms with E-state index in [1.54, 1.807) is 6.92 Å². The maximum atomic E-state index is 12.3. The van der Waals surface area contributed by atoms with Crippen molar-refractivity contribution in [2.24, 2.45) is 5.92 Å². The molecule has 1 unspecified atom stereocenters. The summed E-state index contributed by atoms with van der Waals surface area (Å²) in [6.45, 7) is 3.64. The zero-order valence-corrected chi connectivity index (χ0v) is 13.1. The average molecular weight is 340 g/mol. The number of halogens is 3. The van der Waals surface area contributed by atoms with Gasteiger partial charge in [0.25, 0.3) is 5.91 Å². The molecule has 8 heteroatoms. The summed E-state index contributed by atoms with van der Waals surface area (Å²) in [6.07, 6.45) is 1.23. The topological polar surface area (TPSA) is 70.5 Å². The van der Waals surface area contributed by atoms with Gasteiger partial charge in [-0.25, -0.2) is 4.98 Å². The van der Waals surface area contributed by atoms with Crippen LogP contribution >= 0.6 is 34.8 Å². The van der Waals surface area contributed by atoms with E-state index in [0.29, 0.717) is 6.54 Å². The summed E-state index contributed by atoms with van der Waals surface area (Å²) in [5, 5.41) is 9.06. The fraction of sp³-hybridized carbons (Fsp3) is 0.417. The van der Waals surface area contributed by atoms with E-state index >= 15 is 0 Å². The highest BCUT2D eigenvalue weighted by Crippen LogP contribution is 2.31. The van der Waals surface area contributed by atoms with Crippen molar-refractivity contribution in [3.05, 3.63) is 27.0 Å². The number of pyridine rings is 1. The summed E-state index contributed by atoms with van der Waals surface area (Å²) in [4.78, 5) is 28.4. The van der Waals surface area contributed by atoms with Crippen LogP contribution in [0.3, 0.4) is 0 Å². The predicted molar refractivity (Wildman–Crippen MR) is 77.6 cm³/mol. The first-order chi connectivity index (χ1) is 9.29. The summed E-state index contributed by atoms with van der Waals surface area (Å²) >= 11 is 17.6. The Morgan fingerprint density at radius 3 is 2.45 bits per heavy atom. The predicted octanol–water partition coefficient (Wildman–Crippen LogP) is 3.22. The number of carboxylic acids is 1. The van der Waals surface area contributed by atoms with E-state index in [9.17, 15) is 9.59 Å². The molecule has 0 aliphatic carbocycles. The summed E-state index contributed by atoms with van der Waals surface area (Å²) in [7, 11) is 0. The second-order valence-corrected chi connectivity index (χ2v) is 5.33. The minimum absolute atomic E-state index is 0.0365. The summed E-state index contributed by atoms with van der Waals surface area (Å²) in [5.41, 5.74) is -0.0412. The van der Waals surface area contributed by atoms with Gasteiger partial charge in [0.2, 0.25) is 0 Å². The Hall–Kier alpha value is -1.04. The van der Waals surface area contributed by atoms with Crippen molar-refractivity contribution >= 4 is 46.7 Å². The first kappa shape index (κ1) is 17.0. The molecule has 1 aromatic heterocycles. The summed E-state index contributed by atoms with van der Waals surface area (Å²) in [5.74, 6) is -2.16. The third kappa shape index (κ3) is 3.75. The number of carboxylic acid groups (broad SMARTS) is 1. The van der Waals surface area contributed by atoms with Crippen molar-refractivity contribution < 1.29 is 14.7 Å². The lowest BCUT2D eigenvalue weighted by Gasteiger charge is -2.23. The van der Waals surface area contributed by atoms with Crippen molar-refractivity contribution in [2.75, 3.05) is 13.1 Å². The third-order valence-electron chi connectivity index (χ3n) is 2.70. The molecular formula is C12H13Cl3N2O3. The molecule has 1 amide bonds. The quantitative estimate of drug-likeness (QED) is 0.894.